The van der Waals surface area contributed by atoms with Crippen LogP contribution in [-0.2, 0) is 0 Å². The molecule has 0 amide bonds. The Kier molecular flexibility index (Phi) is 7.54. The third-order valence-electron chi connectivity index (χ3n) is 11.9. The molecular weight excluding hydrogens is 717 g/mol. The maximum Gasteiger partial charge on any atom is 0.135 e. The standard InChI is InChI=1S/C56H36N2O/c1-3-19-46-38(12-1)14-11-23-47(46)41-16-10-17-43(35-41)57(45-31-33-55-51(36-45)49-21-6-8-25-54(49)59-55)42-29-26-37(27-30-42)40-15-9-18-44(34-40)58-52-24-7-5-22-50(52)56-48-20-4-2-13-39(48)28-32-53(56)58/h1-36H. The molecule has 12 rings (SSSR count). The minimum atomic E-state index is 0.881. The zero-order valence-corrected chi connectivity index (χ0v) is 32.1. The van der Waals surface area contributed by atoms with Gasteiger partial charge in [-0.15, -0.1) is 0 Å². The average Bonchev–Trinajstić information content (AvgIpc) is 3.85. The SMILES string of the molecule is c1cc(-c2cccc3ccccc23)cc(N(c2ccc(-c3cccc(-n4c5ccccc5c5c6ccccc6ccc54)c3)cc2)c2ccc3oc4ccccc4c3c2)c1. The molecule has 59 heavy (non-hydrogen) atoms. The van der Waals surface area contributed by atoms with Crippen molar-refractivity contribution >= 4 is 82.4 Å². The predicted octanol–water partition coefficient (Wildman–Crippen LogP) is 15.8. The Morgan fingerprint density at radius 1 is 0.339 bits per heavy atom. The molecule has 0 saturated heterocycles. The van der Waals surface area contributed by atoms with Gasteiger partial charge in [-0.05, 0) is 117 Å². The predicted molar refractivity (Wildman–Crippen MR) is 249 cm³/mol. The van der Waals surface area contributed by atoms with Gasteiger partial charge in [0.25, 0.3) is 0 Å². The van der Waals surface area contributed by atoms with Gasteiger partial charge < -0.3 is 13.9 Å². The zero-order chi connectivity index (χ0) is 38.9. The molecule has 0 aliphatic rings. The monoisotopic (exact) mass is 752 g/mol. The smallest absolute Gasteiger partial charge is 0.135 e. The van der Waals surface area contributed by atoms with Gasteiger partial charge in [0.15, 0.2) is 0 Å². The maximum atomic E-state index is 6.26. The highest BCUT2D eigenvalue weighted by atomic mass is 16.3. The Labute approximate surface area is 341 Å². The van der Waals surface area contributed by atoms with Crippen LogP contribution in [0.1, 0.15) is 0 Å². The second-order valence-corrected chi connectivity index (χ2v) is 15.3. The summed E-state index contributed by atoms with van der Waals surface area (Å²) in [5.41, 5.74) is 13.2. The number of furan rings is 1. The maximum absolute atomic E-state index is 6.26. The minimum Gasteiger partial charge on any atom is -0.456 e. The second kappa shape index (κ2) is 13.4. The number of anilines is 3. The van der Waals surface area contributed by atoms with E-state index in [1.807, 2.05) is 12.1 Å². The number of benzene rings is 10. The van der Waals surface area contributed by atoms with E-state index in [-0.39, 0.29) is 0 Å². The molecule has 0 aliphatic carbocycles. The second-order valence-electron chi connectivity index (χ2n) is 15.3. The topological polar surface area (TPSA) is 21.3 Å². The Balaban J connectivity index is 0.982. The molecule has 0 aliphatic heterocycles. The molecule has 0 unspecified atom stereocenters. The summed E-state index contributed by atoms with van der Waals surface area (Å²) >= 11 is 0. The summed E-state index contributed by atoms with van der Waals surface area (Å²) in [4.78, 5) is 2.36. The van der Waals surface area contributed by atoms with Gasteiger partial charge in [-0.1, -0.05) is 146 Å². The van der Waals surface area contributed by atoms with Crippen molar-refractivity contribution < 1.29 is 4.42 Å². The lowest BCUT2D eigenvalue weighted by Gasteiger charge is -2.26. The number of para-hydroxylation sites is 2. The van der Waals surface area contributed by atoms with Gasteiger partial charge in [-0.3, -0.25) is 0 Å². The minimum absolute atomic E-state index is 0.881. The van der Waals surface area contributed by atoms with Crippen molar-refractivity contribution in [3.8, 4) is 27.9 Å². The summed E-state index contributed by atoms with van der Waals surface area (Å²) in [6.45, 7) is 0. The third-order valence-corrected chi connectivity index (χ3v) is 11.9. The van der Waals surface area contributed by atoms with Crippen LogP contribution in [0.25, 0.3) is 93.2 Å². The molecule has 0 spiro atoms. The molecule has 0 bridgehead atoms. The Bertz CT molecular complexity index is 3570. The quantitative estimate of drug-likeness (QED) is 0.169. The van der Waals surface area contributed by atoms with E-state index in [0.717, 1.165) is 55.8 Å². The number of hydrogen-bond acceptors (Lipinski definition) is 2. The van der Waals surface area contributed by atoms with E-state index in [1.165, 1.54) is 54.5 Å². The lowest BCUT2D eigenvalue weighted by atomic mass is 9.97. The van der Waals surface area contributed by atoms with Crippen LogP contribution in [0.2, 0.25) is 0 Å². The van der Waals surface area contributed by atoms with Gasteiger partial charge in [0.2, 0.25) is 0 Å². The summed E-state index contributed by atoms with van der Waals surface area (Å²) in [7, 11) is 0. The van der Waals surface area contributed by atoms with Crippen molar-refractivity contribution in [3.63, 3.8) is 0 Å². The van der Waals surface area contributed by atoms with Gasteiger partial charge in [-0.25, -0.2) is 0 Å². The van der Waals surface area contributed by atoms with Gasteiger partial charge >= 0.3 is 0 Å². The Morgan fingerprint density at radius 2 is 0.983 bits per heavy atom. The van der Waals surface area contributed by atoms with Crippen LogP contribution in [-0.4, -0.2) is 4.57 Å². The first-order chi connectivity index (χ1) is 29.2. The fraction of sp³-hybridized carbons (Fsp3) is 0. The van der Waals surface area contributed by atoms with Gasteiger partial charge in [0, 0.05) is 44.3 Å². The highest BCUT2D eigenvalue weighted by Crippen LogP contribution is 2.42. The van der Waals surface area contributed by atoms with E-state index in [9.17, 15) is 0 Å². The van der Waals surface area contributed by atoms with Gasteiger partial charge in [0.1, 0.15) is 11.2 Å². The fourth-order valence-electron chi connectivity index (χ4n) is 9.23. The average molecular weight is 753 g/mol. The number of rotatable bonds is 6. The molecule has 12 aromatic rings. The van der Waals surface area contributed by atoms with E-state index in [4.69, 9.17) is 4.42 Å². The zero-order valence-electron chi connectivity index (χ0n) is 32.1. The first kappa shape index (κ1) is 33.3. The molecule has 2 aromatic heterocycles. The normalized spacial score (nSPS) is 11.7. The summed E-state index contributed by atoms with van der Waals surface area (Å²) in [5.74, 6) is 0. The van der Waals surface area contributed by atoms with Gasteiger partial charge in [0.05, 0.1) is 11.0 Å². The molecule has 0 atom stereocenters. The summed E-state index contributed by atoms with van der Waals surface area (Å²) in [6, 6.07) is 78.8. The van der Waals surface area contributed by atoms with Crippen LogP contribution < -0.4 is 4.90 Å². The first-order valence-corrected chi connectivity index (χ1v) is 20.2. The molecule has 2 heterocycles. The van der Waals surface area contributed by atoms with Crippen molar-refractivity contribution in [2.24, 2.45) is 0 Å². The molecule has 3 nitrogen and oxygen atoms in total. The molecular formula is C56H36N2O. The molecule has 0 N–H and O–H groups in total. The molecule has 10 aromatic carbocycles. The lowest BCUT2D eigenvalue weighted by molar-refractivity contribution is 0.669. The van der Waals surface area contributed by atoms with Crippen molar-refractivity contribution in [3.05, 3.63) is 218 Å². The number of fused-ring (bicyclic) bond motifs is 9. The lowest BCUT2D eigenvalue weighted by Crippen LogP contribution is -2.10. The largest absolute Gasteiger partial charge is 0.456 e. The fourth-order valence-corrected chi connectivity index (χ4v) is 9.23. The first-order valence-electron chi connectivity index (χ1n) is 20.2. The molecule has 3 heteroatoms. The number of aromatic nitrogens is 1. The van der Waals surface area contributed by atoms with E-state index in [0.29, 0.717) is 0 Å². The van der Waals surface area contributed by atoms with E-state index < -0.39 is 0 Å². The molecule has 0 saturated carbocycles. The summed E-state index contributed by atoms with van der Waals surface area (Å²) in [6.07, 6.45) is 0. The third kappa shape index (κ3) is 5.44. The van der Waals surface area contributed by atoms with Crippen LogP contribution in [0.5, 0.6) is 0 Å². The Morgan fingerprint density at radius 3 is 1.86 bits per heavy atom. The van der Waals surface area contributed by atoms with Crippen LogP contribution in [0, 0.1) is 0 Å². The summed E-state index contributed by atoms with van der Waals surface area (Å²) in [5, 5.41) is 9.77. The number of hydrogen-bond donors (Lipinski definition) is 0. The molecule has 0 radical (unpaired) electrons. The molecule has 276 valence electrons. The van der Waals surface area contributed by atoms with Crippen LogP contribution in [0.15, 0.2) is 223 Å². The van der Waals surface area contributed by atoms with Crippen molar-refractivity contribution in [1.82, 2.24) is 4.57 Å². The van der Waals surface area contributed by atoms with E-state index in [1.54, 1.807) is 0 Å². The Hall–Kier alpha value is -7.88. The highest BCUT2D eigenvalue weighted by molar-refractivity contribution is 6.21. The van der Waals surface area contributed by atoms with Gasteiger partial charge in [-0.2, -0.15) is 0 Å². The van der Waals surface area contributed by atoms with Crippen molar-refractivity contribution in [2.75, 3.05) is 4.90 Å². The summed E-state index contributed by atoms with van der Waals surface area (Å²) < 4.78 is 8.68. The van der Waals surface area contributed by atoms with E-state index in [2.05, 4.69) is 216 Å². The van der Waals surface area contributed by atoms with Crippen LogP contribution >= 0.6 is 0 Å². The highest BCUT2D eigenvalue weighted by Gasteiger charge is 2.18. The molecule has 0 fully saturated rings. The van der Waals surface area contributed by atoms with E-state index >= 15 is 0 Å². The van der Waals surface area contributed by atoms with Crippen LogP contribution in [0.4, 0.5) is 17.1 Å². The van der Waals surface area contributed by atoms with Crippen molar-refractivity contribution in [2.45, 2.75) is 0 Å². The number of nitrogens with zero attached hydrogens (tertiary/aromatic N) is 2. The van der Waals surface area contributed by atoms with Crippen molar-refractivity contribution in [1.29, 1.82) is 0 Å². The van der Waals surface area contributed by atoms with Crippen LogP contribution in [0.3, 0.4) is 0 Å².